The fraction of sp³-hybridized carbons (Fsp3) is 0.667. The van der Waals surface area contributed by atoms with Crippen LogP contribution >= 0.6 is 0 Å². The highest BCUT2D eigenvalue weighted by atomic mass is 16.5. The van der Waals surface area contributed by atoms with Crippen molar-refractivity contribution in [3.05, 3.63) is 18.5 Å². The maximum absolute atomic E-state index is 11.6. The molecule has 1 heterocycles. The quantitative estimate of drug-likeness (QED) is 0.694. The van der Waals surface area contributed by atoms with Gasteiger partial charge in [0.05, 0.1) is 5.60 Å². The van der Waals surface area contributed by atoms with E-state index in [0.717, 1.165) is 0 Å². The molecule has 0 aliphatic heterocycles. The molecule has 0 saturated carbocycles. The molecule has 0 saturated heterocycles. The average Bonchev–Trinajstić information content (AvgIpc) is 2.84. The minimum atomic E-state index is -0.933. The Morgan fingerprint density at radius 2 is 2.39 bits per heavy atom. The number of nitrogens with zero attached hydrogens (tertiary/aromatic N) is 2. The molecule has 0 aliphatic rings. The number of rotatable bonds is 8. The Bertz CT molecular complexity index is 349. The second-order valence-electron chi connectivity index (χ2n) is 4.54. The van der Waals surface area contributed by atoms with E-state index in [1.165, 1.54) is 0 Å². The van der Waals surface area contributed by atoms with Crippen molar-refractivity contribution >= 4 is 5.91 Å². The van der Waals surface area contributed by atoms with Gasteiger partial charge in [0, 0.05) is 52.0 Å². The summed E-state index contributed by atoms with van der Waals surface area (Å²) in [4.78, 5) is 11.6. The molecule has 0 spiro atoms. The maximum Gasteiger partial charge on any atom is 0.221 e. The highest BCUT2D eigenvalue weighted by Crippen LogP contribution is 2.07. The van der Waals surface area contributed by atoms with Gasteiger partial charge in [-0.25, -0.2) is 0 Å². The van der Waals surface area contributed by atoms with Crippen LogP contribution in [-0.2, 0) is 16.1 Å². The van der Waals surface area contributed by atoms with Crippen molar-refractivity contribution in [3.63, 3.8) is 0 Å². The number of aliphatic hydroxyl groups is 1. The Balaban J connectivity index is 2.20. The van der Waals surface area contributed by atoms with Gasteiger partial charge in [0.2, 0.25) is 5.91 Å². The van der Waals surface area contributed by atoms with E-state index < -0.39 is 5.60 Å². The topological polar surface area (TPSA) is 76.4 Å². The van der Waals surface area contributed by atoms with Gasteiger partial charge in [-0.2, -0.15) is 5.10 Å². The smallest absolute Gasteiger partial charge is 0.221 e. The minimum absolute atomic E-state index is 0.0943. The molecule has 6 nitrogen and oxygen atoms in total. The van der Waals surface area contributed by atoms with Gasteiger partial charge in [0.25, 0.3) is 0 Å². The Labute approximate surface area is 107 Å². The second kappa shape index (κ2) is 7.13. The Hall–Kier alpha value is -1.40. The third kappa shape index (κ3) is 5.79. The molecule has 0 aliphatic carbocycles. The molecule has 1 aromatic heterocycles. The van der Waals surface area contributed by atoms with E-state index in [0.29, 0.717) is 26.0 Å². The zero-order valence-electron chi connectivity index (χ0n) is 10.9. The zero-order valence-corrected chi connectivity index (χ0v) is 10.9. The fourth-order valence-corrected chi connectivity index (χ4v) is 1.44. The number of carbonyl (C=O) groups excluding carboxylic acids is 1. The summed E-state index contributed by atoms with van der Waals surface area (Å²) in [5, 5.41) is 16.7. The predicted octanol–water partition coefficient (Wildman–Crippen LogP) is 0.177. The lowest BCUT2D eigenvalue weighted by molar-refractivity contribution is -0.122. The number of aryl methyl sites for hydroxylation is 1. The second-order valence-corrected chi connectivity index (χ2v) is 4.54. The number of ether oxygens (including phenoxy) is 1. The summed E-state index contributed by atoms with van der Waals surface area (Å²) >= 11 is 0. The summed E-state index contributed by atoms with van der Waals surface area (Å²) in [6.45, 7) is 2.92. The van der Waals surface area contributed by atoms with Crippen LogP contribution in [0.3, 0.4) is 0 Å². The molecule has 1 amide bonds. The standard InChI is InChI=1S/C12H21N3O3/c1-12(17,5-9-18-2)10-13-11(16)4-8-15-7-3-6-14-15/h3,6-7,17H,4-5,8-10H2,1-2H3,(H,13,16). The molecule has 18 heavy (non-hydrogen) atoms. The summed E-state index contributed by atoms with van der Waals surface area (Å²) in [5.74, 6) is -0.0943. The number of hydrogen-bond donors (Lipinski definition) is 2. The summed E-state index contributed by atoms with van der Waals surface area (Å²) in [6.07, 6.45) is 4.32. The minimum Gasteiger partial charge on any atom is -0.388 e. The van der Waals surface area contributed by atoms with Crippen molar-refractivity contribution in [3.8, 4) is 0 Å². The monoisotopic (exact) mass is 255 g/mol. The lowest BCUT2D eigenvalue weighted by Crippen LogP contribution is -2.41. The predicted molar refractivity (Wildman–Crippen MR) is 67.0 cm³/mol. The van der Waals surface area contributed by atoms with Crippen LogP contribution in [0.1, 0.15) is 19.8 Å². The van der Waals surface area contributed by atoms with E-state index in [1.54, 1.807) is 24.9 Å². The van der Waals surface area contributed by atoms with E-state index in [-0.39, 0.29) is 12.5 Å². The van der Waals surface area contributed by atoms with Crippen LogP contribution in [-0.4, -0.2) is 46.7 Å². The fourth-order valence-electron chi connectivity index (χ4n) is 1.44. The summed E-state index contributed by atoms with van der Waals surface area (Å²) < 4.78 is 6.59. The van der Waals surface area contributed by atoms with Gasteiger partial charge < -0.3 is 15.2 Å². The molecule has 0 radical (unpaired) electrons. The van der Waals surface area contributed by atoms with Crippen LogP contribution in [0.2, 0.25) is 0 Å². The maximum atomic E-state index is 11.6. The van der Waals surface area contributed by atoms with E-state index in [1.807, 2.05) is 12.3 Å². The van der Waals surface area contributed by atoms with Crippen LogP contribution < -0.4 is 5.32 Å². The molecule has 1 rings (SSSR count). The summed E-state index contributed by atoms with van der Waals surface area (Å²) in [6, 6.07) is 1.81. The van der Waals surface area contributed by atoms with Crippen molar-refractivity contribution in [1.29, 1.82) is 0 Å². The first-order chi connectivity index (χ1) is 8.53. The SMILES string of the molecule is COCCC(C)(O)CNC(=O)CCn1cccn1. The lowest BCUT2D eigenvalue weighted by Gasteiger charge is -2.23. The number of nitrogens with one attached hydrogen (secondary N) is 1. The highest BCUT2D eigenvalue weighted by Gasteiger charge is 2.20. The average molecular weight is 255 g/mol. The van der Waals surface area contributed by atoms with Crippen molar-refractivity contribution in [2.45, 2.75) is 31.9 Å². The molecule has 6 heteroatoms. The van der Waals surface area contributed by atoms with Crippen LogP contribution in [0.15, 0.2) is 18.5 Å². The third-order valence-electron chi connectivity index (χ3n) is 2.64. The molecule has 1 atom stereocenters. The normalized spacial score (nSPS) is 14.2. The van der Waals surface area contributed by atoms with E-state index in [2.05, 4.69) is 10.4 Å². The molecule has 2 N–H and O–H groups in total. The van der Waals surface area contributed by atoms with Crippen LogP contribution in [0.25, 0.3) is 0 Å². The van der Waals surface area contributed by atoms with E-state index in [9.17, 15) is 9.90 Å². The third-order valence-corrected chi connectivity index (χ3v) is 2.64. The first kappa shape index (κ1) is 14.7. The number of carbonyl (C=O) groups is 1. The van der Waals surface area contributed by atoms with Crippen molar-refractivity contribution in [1.82, 2.24) is 15.1 Å². The number of hydrogen-bond acceptors (Lipinski definition) is 4. The Morgan fingerprint density at radius 1 is 1.61 bits per heavy atom. The number of methoxy groups -OCH3 is 1. The number of amides is 1. The van der Waals surface area contributed by atoms with Crippen LogP contribution in [0, 0.1) is 0 Å². The Morgan fingerprint density at radius 3 is 3.00 bits per heavy atom. The number of aromatic nitrogens is 2. The van der Waals surface area contributed by atoms with E-state index in [4.69, 9.17) is 4.74 Å². The summed E-state index contributed by atoms with van der Waals surface area (Å²) in [5.41, 5.74) is -0.933. The van der Waals surface area contributed by atoms with Gasteiger partial charge in [-0.05, 0) is 13.0 Å². The van der Waals surface area contributed by atoms with Gasteiger partial charge in [-0.15, -0.1) is 0 Å². The molecule has 0 aromatic carbocycles. The lowest BCUT2D eigenvalue weighted by atomic mass is 10.0. The van der Waals surface area contributed by atoms with Gasteiger partial charge in [0.1, 0.15) is 0 Å². The molecule has 102 valence electrons. The van der Waals surface area contributed by atoms with Crippen molar-refractivity contribution in [2.24, 2.45) is 0 Å². The van der Waals surface area contributed by atoms with Gasteiger partial charge in [-0.1, -0.05) is 0 Å². The largest absolute Gasteiger partial charge is 0.388 e. The molecule has 1 aromatic rings. The molecular weight excluding hydrogens is 234 g/mol. The first-order valence-corrected chi connectivity index (χ1v) is 5.99. The van der Waals surface area contributed by atoms with Crippen molar-refractivity contribution in [2.75, 3.05) is 20.3 Å². The summed E-state index contributed by atoms with van der Waals surface area (Å²) in [7, 11) is 1.58. The van der Waals surface area contributed by atoms with Gasteiger partial charge in [0.15, 0.2) is 0 Å². The molecule has 0 fully saturated rings. The zero-order chi connectivity index (χ0) is 13.4. The van der Waals surface area contributed by atoms with Gasteiger partial charge >= 0.3 is 0 Å². The molecule has 0 bridgehead atoms. The van der Waals surface area contributed by atoms with Gasteiger partial charge in [-0.3, -0.25) is 9.48 Å². The Kier molecular flexibility index (Phi) is 5.80. The van der Waals surface area contributed by atoms with E-state index >= 15 is 0 Å². The first-order valence-electron chi connectivity index (χ1n) is 5.99. The highest BCUT2D eigenvalue weighted by molar-refractivity contribution is 5.75. The molecular formula is C12H21N3O3. The van der Waals surface area contributed by atoms with Crippen LogP contribution in [0.4, 0.5) is 0 Å². The van der Waals surface area contributed by atoms with Crippen LogP contribution in [0.5, 0.6) is 0 Å². The van der Waals surface area contributed by atoms with Crippen molar-refractivity contribution < 1.29 is 14.6 Å². The molecule has 1 unspecified atom stereocenters.